The van der Waals surface area contributed by atoms with Crippen LogP contribution in [0.1, 0.15) is 12.7 Å². The molecule has 7 nitrogen and oxygen atoms in total. The second-order valence-electron chi connectivity index (χ2n) is 4.74. The zero-order valence-electron chi connectivity index (χ0n) is 11.2. The van der Waals surface area contributed by atoms with E-state index in [-0.39, 0.29) is 11.5 Å². The van der Waals surface area contributed by atoms with E-state index < -0.39 is 0 Å². The summed E-state index contributed by atoms with van der Waals surface area (Å²) < 4.78 is 1.58. The van der Waals surface area contributed by atoms with Crippen LogP contribution in [-0.2, 0) is 13.6 Å². The van der Waals surface area contributed by atoms with Gasteiger partial charge in [0.05, 0.1) is 24.7 Å². The van der Waals surface area contributed by atoms with Gasteiger partial charge < -0.3 is 4.98 Å². The molecule has 0 aliphatic heterocycles. The van der Waals surface area contributed by atoms with Crippen LogP contribution >= 0.6 is 0 Å². The number of nitrogens with one attached hydrogen (secondary N) is 1. The van der Waals surface area contributed by atoms with Crippen LogP contribution in [0.3, 0.4) is 0 Å². The highest BCUT2D eigenvalue weighted by Crippen LogP contribution is 2.06. The van der Waals surface area contributed by atoms with Crippen molar-refractivity contribution >= 4 is 11.0 Å². The molecule has 1 N–H and O–H groups in total. The van der Waals surface area contributed by atoms with E-state index in [9.17, 15) is 4.79 Å². The van der Waals surface area contributed by atoms with E-state index in [0.717, 1.165) is 0 Å². The standard InChI is InChI=1S/C12H16N6O/c1-8(4-13)6-17(2)7-10-15-11-9(12(19)16-10)5-14-18(11)3/h5,8H,6-7H2,1-3H3,(H,15,16,19)/t8-/m0/s1. The molecule has 1 atom stereocenters. The predicted octanol–water partition coefficient (Wildman–Crippen LogP) is 0.248. The van der Waals surface area contributed by atoms with Crippen molar-refractivity contribution in [1.82, 2.24) is 24.6 Å². The van der Waals surface area contributed by atoms with Crippen molar-refractivity contribution in [3.63, 3.8) is 0 Å². The van der Waals surface area contributed by atoms with Gasteiger partial charge in [-0.1, -0.05) is 0 Å². The first-order chi connectivity index (χ1) is 9.01. The number of hydrogen-bond donors (Lipinski definition) is 1. The molecule has 0 spiro atoms. The van der Waals surface area contributed by atoms with Crippen molar-refractivity contribution in [3.8, 4) is 6.07 Å². The zero-order valence-corrected chi connectivity index (χ0v) is 11.2. The summed E-state index contributed by atoms with van der Waals surface area (Å²) >= 11 is 0. The van der Waals surface area contributed by atoms with Crippen molar-refractivity contribution in [3.05, 3.63) is 22.4 Å². The summed E-state index contributed by atoms with van der Waals surface area (Å²) in [5.74, 6) is 0.519. The summed E-state index contributed by atoms with van der Waals surface area (Å²) in [6.07, 6.45) is 1.51. The molecule has 0 saturated carbocycles. The van der Waals surface area contributed by atoms with Gasteiger partial charge in [-0.25, -0.2) is 4.98 Å². The van der Waals surface area contributed by atoms with E-state index in [2.05, 4.69) is 21.1 Å². The third-order valence-electron chi connectivity index (χ3n) is 2.88. The summed E-state index contributed by atoms with van der Waals surface area (Å²) in [7, 11) is 3.64. The van der Waals surface area contributed by atoms with Crippen LogP contribution in [0.15, 0.2) is 11.0 Å². The maximum atomic E-state index is 11.9. The Morgan fingerprint density at radius 2 is 2.37 bits per heavy atom. The van der Waals surface area contributed by atoms with Gasteiger partial charge in [-0.2, -0.15) is 10.4 Å². The van der Waals surface area contributed by atoms with Gasteiger partial charge in [0, 0.05) is 13.6 Å². The van der Waals surface area contributed by atoms with Crippen molar-refractivity contribution < 1.29 is 0 Å². The lowest BCUT2D eigenvalue weighted by molar-refractivity contribution is 0.296. The topological polar surface area (TPSA) is 90.6 Å². The first-order valence-electron chi connectivity index (χ1n) is 6.00. The number of nitriles is 1. The Hall–Kier alpha value is -2.20. The molecule has 0 fully saturated rings. The third-order valence-corrected chi connectivity index (χ3v) is 2.88. The van der Waals surface area contributed by atoms with E-state index in [1.165, 1.54) is 6.20 Å². The minimum Gasteiger partial charge on any atom is -0.309 e. The molecular formula is C12H16N6O. The molecule has 0 aliphatic carbocycles. The Kier molecular flexibility index (Phi) is 3.62. The van der Waals surface area contributed by atoms with Gasteiger partial charge in [0.1, 0.15) is 11.2 Å². The van der Waals surface area contributed by atoms with Crippen LogP contribution < -0.4 is 5.56 Å². The molecule has 2 rings (SSSR count). The molecule has 2 aromatic heterocycles. The molecule has 19 heavy (non-hydrogen) atoms. The Bertz CT molecular complexity index is 680. The van der Waals surface area contributed by atoms with Crippen LogP contribution in [0.4, 0.5) is 0 Å². The third kappa shape index (κ3) is 2.80. The smallest absolute Gasteiger partial charge is 0.262 e. The summed E-state index contributed by atoms with van der Waals surface area (Å²) in [5.41, 5.74) is 0.385. The van der Waals surface area contributed by atoms with E-state index in [1.807, 2.05) is 18.9 Å². The lowest BCUT2D eigenvalue weighted by atomic mass is 10.2. The fraction of sp³-hybridized carbons (Fsp3) is 0.500. The second-order valence-corrected chi connectivity index (χ2v) is 4.74. The summed E-state index contributed by atoms with van der Waals surface area (Å²) in [6.45, 7) is 2.98. The molecule has 0 saturated heterocycles. The Morgan fingerprint density at radius 1 is 1.63 bits per heavy atom. The number of fused-ring (bicyclic) bond motifs is 1. The van der Waals surface area contributed by atoms with E-state index in [1.54, 1.807) is 11.7 Å². The highest BCUT2D eigenvalue weighted by molar-refractivity contribution is 5.72. The molecule has 7 heteroatoms. The fourth-order valence-corrected chi connectivity index (χ4v) is 1.98. The minimum absolute atomic E-state index is 0.0582. The summed E-state index contributed by atoms with van der Waals surface area (Å²) in [4.78, 5) is 20.9. The van der Waals surface area contributed by atoms with Gasteiger partial charge in [-0.05, 0) is 14.0 Å². The first kappa shape index (κ1) is 13.2. The summed E-state index contributed by atoms with van der Waals surface area (Å²) in [5, 5.41) is 13.3. The first-order valence-corrected chi connectivity index (χ1v) is 6.00. The Morgan fingerprint density at radius 3 is 3.05 bits per heavy atom. The number of hydrogen-bond acceptors (Lipinski definition) is 5. The maximum absolute atomic E-state index is 11.9. The number of aromatic nitrogens is 4. The van der Waals surface area contributed by atoms with Crippen molar-refractivity contribution in [1.29, 1.82) is 5.26 Å². The van der Waals surface area contributed by atoms with Crippen molar-refractivity contribution in [2.45, 2.75) is 13.5 Å². The van der Waals surface area contributed by atoms with Gasteiger partial charge in [-0.15, -0.1) is 0 Å². The molecule has 2 heterocycles. The van der Waals surface area contributed by atoms with Crippen LogP contribution in [-0.4, -0.2) is 38.2 Å². The predicted molar refractivity (Wildman–Crippen MR) is 70.2 cm³/mol. The van der Waals surface area contributed by atoms with Crippen LogP contribution in [0.25, 0.3) is 11.0 Å². The van der Waals surface area contributed by atoms with E-state index >= 15 is 0 Å². The van der Waals surface area contributed by atoms with Crippen molar-refractivity contribution in [2.24, 2.45) is 13.0 Å². The van der Waals surface area contributed by atoms with E-state index in [4.69, 9.17) is 5.26 Å². The fourth-order valence-electron chi connectivity index (χ4n) is 1.98. The maximum Gasteiger partial charge on any atom is 0.262 e. The number of rotatable bonds is 4. The molecule has 0 aliphatic rings. The SMILES string of the molecule is C[C@@H](C#N)CN(C)Cc1nc2c(cnn2C)c(=O)[nH]1. The van der Waals surface area contributed by atoms with Crippen LogP contribution in [0, 0.1) is 17.2 Å². The van der Waals surface area contributed by atoms with Crippen molar-refractivity contribution in [2.75, 3.05) is 13.6 Å². The average Bonchev–Trinajstić information content (AvgIpc) is 2.71. The van der Waals surface area contributed by atoms with Crippen LogP contribution in [0.2, 0.25) is 0 Å². The molecule has 0 radical (unpaired) electrons. The quantitative estimate of drug-likeness (QED) is 0.850. The van der Waals surface area contributed by atoms with Crippen LogP contribution in [0.5, 0.6) is 0 Å². The number of aromatic amines is 1. The normalized spacial score (nSPS) is 12.8. The Balaban J connectivity index is 2.24. The molecule has 0 amide bonds. The molecule has 2 aromatic rings. The summed E-state index contributed by atoms with van der Waals surface area (Å²) in [6, 6.07) is 2.18. The van der Waals surface area contributed by atoms with Gasteiger partial charge in [-0.3, -0.25) is 14.4 Å². The molecule has 100 valence electrons. The molecule has 0 aromatic carbocycles. The van der Waals surface area contributed by atoms with Gasteiger partial charge in [0.2, 0.25) is 0 Å². The molecule has 0 bridgehead atoms. The molecule has 0 unspecified atom stereocenters. The lowest BCUT2D eigenvalue weighted by Gasteiger charge is -2.16. The number of nitrogens with zero attached hydrogens (tertiary/aromatic N) is 5. The highest BCUT2D eigenvalue weighted by atomic mass is 16.1. The average molecular weight is 260 g/mol. The lowest BCUT2D eigenvalue weighted by Crippen LogP contribution is -2.26. The second kappa shape index (κ2) is 5.20. The van der Waals surface area contributed by atoms with Gasteiger partial charge >= 0.3 is 0 Å². The minimum atomic E-state index is -0.185. The number of aryl methyl sites for hydroxylation is 1. The van der Waals surface area contributed by atoms with Gasteiger partial charge in [0.25, 0.3) is 5.56 Å². The highest BCUT2D eigenvalue weighted by Gasteiger charge is 2.11. The van der Waals surface area contributed by atoms with Gasteiger partial charge in [0.15, 0.2) is 5.65 Å². The number of H-pyrrole nitrogens is 1. The van der Waals surface area contributed by atoms with E-state index in [0.29, 0.717) is 29.9 Å². The Labute approximate surface area is 110 Å². The monoisotopic (exact) mass is 260 g/mol. The molecular weight excluding hydrogens is 244 g/mol. The zero-order chi connectivity index (χ0) is 14.0. The largest absolute Gasteiger partial charge is 0.309 e.